The maximum atomic E-state index is 13.9. The lowest BCUT2D eigenvalue weighted by Gasteiger charge is -2.34. The molecule has 0 saturated carbocycles. The molecule has 0 unspecified atom stereocenters. The number of fused-ring (bicyclic) bond motifs is 1. The summed E-state index contributed by atoms with van der Waals surface area (Å²) in [5.41, 5.74) is 5.40. The molecule has 5 heteroatoms. The molecule has 190 valence electrons. The molecule has 2 heterocycles. The second-order valence-corrected chi connectivity index (χ2v) is 9.57. The van der Waals surface area contributed by atoms with Gasteiger partial charge in [0.15, 0.2) is 0 Å². The second kappa shape index (κ2) is 11.5. The molecular formula is C32H35N3O2. The Morgan fingerprint density at radius 2 is 1.68 bits per heavy atom. The largest absolute Gasteiger partial charge is 0.493 e. The molecular weight excluding hydrogens is 458 g/mol. The third-order valence-corrected chi connectivity index (χ3v) is 7.15. The molecule has 1 amide bonds. The second-order valence-electron chi connectivity index (χ2n) is 9.57. The maximum Gasteiger partial charge on any atom is 0.270 e. The van der Waals surface area contributed by atoms with Crippen molar-refractivity contribution in [3.05, 3.63) is 107 Å². The first-order chi connectivity index (χ1) is 18.1. The molecule has 4 aromatic rings. The van der Waals surface area contributed by atoms with Gasteiger partial charge in [0, 0.05) is 44.7 Å². The summed E-state index contributed by atoms with van der Waals surface area (Å²) in [6.07, 6.45) is 4.37. The molecule has 37 heavy (non-hydrogen) atoms. The zero-order chi connectivity index (χ0) is 25.6. The van der Waals surface area contributed by atoms with E-state index in [1.807, 2.05) is 36.1 Å². The molecule has 5 nitrogen and oxygen atoms in total. The fraction of sp³-hybridized carbons (Fsp3) is 0.281. The highest BCUT2D eigenvalue weighted by Crippen LogP contribution is 2.31. The summed E-state index contributed by atoms with van der Waals surface area (Å²) < 4.78 is 8.08. The molecule has 0 spiro atoms. The number of aryl methyl sites for hydroxylation is 1. The molecule has 1 fully saturated rings. The first-order valence-electron chi connectivity index (χ1n) is 13.2. The lowest BCUT2D eigenvalue weighted by atomic mass is 10.1. The summed E-state index contributed by atoms with van der Waals surface area (Å²) in [5, 5.41) is 0.992. The van der Waals surface area contributed by atoms with Crippen molar-refractivity contribution in [1.82, 2.24) is 14.4 Å². The number of piperazine rings is 1. The van der Waals surface area contributed by atoms with Gasteiger partial charge < -0.3 is 14.2 Å². The number of hydrogen-bond acceptors (Lipinski definition) is 3. The molecule has 0 atom stereocenters. The van der Waals surface area contributed by atoms with E-state index >= 15 is 0 Å². The van der Waals surface area contributed by atoms with Crippen LogP contribution in [-0.4, -0.2) is 59.6 Å². The summed E-state index contributed by atoms with van der Waals surface area (Å²) in [6.45, 7) is 9.43. The highest BCUT2D eigenvalue weighted by atomic mass is 16.5. The van der Waals surface area contributed by atoms with Gasteiger partial charge in [-0.15, -0.1) is 0 Å². The van der Waals surface area contributed by atoms with Gasteiger partial charge in [0.2, 0.25) is 0 Å². The van der Waals surface area contributed by atoms with Crippen molar-refractivity contribution in [3.8, 4) is 5.75 Å². The van der Waals surface area contributed by atoms with Crippen LogP contribution in [0.15, 0.2) is 84.9 Å². The number of amides is 1. The summed E-state index contributed by atoms with van der Waals surface area (Å²) in [7, 11) is 0. The lowest BCUT2D eigenvalue weighted by Crippen LogP contribution is -2.49. The molecule has 5 rings (SSSR count). The smallest absolute Gasteiger partial charge is 0.270 e. The average Bonchev–Trinajstić information content (AvgIpc) is 3.30. The number of ether oxygens (including phenoxy) is 1. The molecule has 0 radical (unpaired) electrons. The first-order valence-corrected chi connectivity index (χ1v) is 13.2. The number of carbonyl (C=O) groups is 1. The van der Waals surface area contributed by atoms with E-state index in [0.29, 0.717) is 13.2 Å². The minimum atomic E-state index is 0.0895. The Hall–Kier alpha value is -3.83. The van der Waals surface area contributed by atoms with Gasteiger partial charge in [0.05, 0.1) is 12.1 Å². The molecule has 3 aromatic carbocycles. The topological polar surface area (TPSA) is 37.7 Å². The van der Waals surface area contributed by atoms with Crippen LogP contribution in [0.2, 0.25) is 0 Å². The normalized spacial score (nSPS) is 14.5. The van der Waals surface area contributed by atoms with Crippen molar-refractivity contribution in [1.29, 1.82) is 0 Å². The minimum Gasteiger partial charge on any atom is -0.493 e. The summed E-state index contributed by atoms with van der Waals surface area (Å²) in [5.74, 6) is 0.916. The van der Waals surface area contributed by atoms with E-state index in [1.165, 1.54) is 16.7 Å². The molecule has 1 aromatic heterocycles. The van der Waals surface area contributed by atoms with Crippen molar-refractivity contribution in [2.75, 3.05) is 39.3 Å². The van der Waals surface area contributed by atoms with E-state index in [4.69, 9.17) is 4.74 Å². The third-order valence-electron chi connectivity index (χ3n) is 7.15. The van der Waals surface area contributed by atoms with E-state index in [0.717, 1.165) is 55.1 Å². The van der Waals surface area contributed by atoms with Gasteiger partial charge in [-0.3, -0.25) is 9.69 Å². The van der Waals surface area contributed by atoms with E-state index < -0.39 is 0 Å². The van der Waals surface area contributed by atoms with Gasteiger partial charge in [0.1, 0.15) is 11.4 Å². The van der Waals surface area contributed by atoms with Gasteiger partial charge >= 0.3 is 0 Å². The predicted molar refractivity (Wildman–Crippen MR) is 151 cm³/mol. The van der Waals surface area contributed by atoms with Gasteiger partial charge in [-0.1, -0.05) is 72.8 Å². The molecule has 0 aliphatic carbocycles. The van der Waals surface area contributed by atoms with E-state index in [1.54, 1.807) is 0 Å². The zero-order valence-corrected chi connectivity index (χ0v) is 21.8. The van der Waals surface area contributed by atoms with Crippen LogP contribution in [-0.2, 0) is 6.54 Å². The fourth-order valence-corrected chi connectivity index (χ4v) is 5.04. The SMILES string of the molecule is CCOc1cccc2c1cc(C(=O)N1CCN(CC=Cc3ccccc3)CC1)n2Cc1ccccc1C. The van der Waals surface area contributed by atoms with Gasteiger partial charge in [-0.05, 0) is 48.7 Å². The third kappa shape index (κ3) is 5.62. The molecule has 1 aliphatic rings. The van der Waals surface area contributed by atoms with Crippen LogP contribution in [0.25, 0.3) is 17.0 Å². The van der Waals surface area contributed by atoms with Crippen LogP contribution < -0.4 is 4.74 Å². The number of aromatic nitrogens is 1. The van der Waals surface area contributed by atoms with Crippen molar-refractivity contribution in [2.24, 2.45) is 0 Å². The van der Waals surface area contributed by atoms with Crippen LogP contribution in [0.5, 0.6) is 5.75 Å². The monoisotopic (exact) mass is 493 g/mol. The Labute approximate surface area is 219 Å². The molecule has 0 N–H and O–H groups in total. The Morgan fingerprint density at radius 1 is 0.919 bits per heavy atom. The fourth-order valence-electron chi connectivity index (χ4n) is 5.04. The predicted octanol–water partition coefficient (Wildman–Crippen LogP) is 5.87. The Balaban J connectivity index is 1.35. The van der Waals surface area contributed by atoms with Crippen LogP contribution in [0, 0.1) is 6.92 Å². The van der Waals surface area contributed by atoms with E-state index in [-0.39, 0.29) is 5.91 Å². The average molecular weight is 494 g/mol. The Kier molecular flexibility index (Phi) is 7.71. The number of nitrogens with zero attached hydrogens (tertiary/aromatic N) is 3. The zero-order valence-electron chi connectivity index (χ0n) is 21.8. The van der Waals surface area contributed by atoms with Crippen molar-refractivity contribution in [3.63, 3.8) is 0 Å². The highest BCUT2D eigenvalue weighted by molar-refractivity contribution is 6.00. The maximum absolute atomic E-state index is 13.9. The number of rotatable bonds is 8. The summed E-state index contributed by atoms with van der Waals surface area (Å²) in [4.78, 5) is 18.3. The molecule has 1 aliphatic heterocycles. The van der Waals surface area contributed by atoms with Crippen LogP contribution in [0.4, 0.5) is 0 Å². The highest BCUT2D eigenvalue weighted by Gasteiger charge is 2.26. The molecule has 1 saturated heterocycles. The summed E-state index contributed by atoms with van der Waals surface area (Å²) in [6, 6.07) is 26.9. The van der Waals surface area contributed by atoms with Crippen LogP contribution >= 0.6 is 0 Å². The number of carbonyl (C=O) groups excluding carboxylic acids is 1. The number of benzene rings is 3. The lowest BCUT2D eigenvalue weighted by molar-refractivity contribution is 0.0640. The molecule has 0 bridgehead atoms. The standard InChI is InChI=1S/C32H35N3O2/c1-3-37-31-17-9-16-29-28(31)23-30(35(29)24-27-15-8-7-11-25(27)2)32(36)34-21-19-33(20-22-34)18-10-14-26-12-5-4-6-13-26/h4-17,23H,3,18-22,24H2,1-2H3. The van der Waals surface area contributed by atoms with Gasteiger partial charge in [0.25, 0.3) is 5.91 Å². The Morgan fingerprint density at radius 3 is 2.43 bits per heavy atom. The summed E-state index contributed by atoms with van der Waals surface area (Å²) >= 11 is 0. The quantitative estimate of drug-likeness (QED) is 0.308. The van der Waals surface area contributed by atoms with Crippen molar-refractivity contribution >= 4 is 22.9 Å². The number of hydrogen-bond donors (Lipinski definition) is 0. The van der Waals surface area contributed by atoms with Gasteiger partial charge in [-0.2, -0.15) is 0 Å². The minimum absolute atomic E-state index is 0.0895. The van der Waals surface area contributed by atoms with E-state index in [9.17, 15) is 4.79 Å². The first kappa shape index (κ1) is 24.8. The van der Waals surface area contributed by atoms with E-state index in [2.05, 4.69) is 83.1 Å². The Bertz CT molecular complexity index is 1380. The van der Waals surface area contributed by atoms with Crippen molar-refractivity contribution < 1.29 is 9.53 Å². The van der Waals surface area contributed by atoms with Crippen LogP contribution in [0.3, 0.4) is 0 Å². The van der Waals surface area contributed by atoms with Crippen LogP contribution in [0.1, 0.15) is 34.1 Å². The van der Waals surface area contributed by atoms with Crippen molar-refractivity contribution in [2.45, 2.75) is 20.4 Å². The van der Waals surface area contributed by atoms with Gasteiger partial charge in [-0.25, -0.2) is 0 Å².